The highest BCUT2D eigenvalue weighted by molar-refractivity contribution is 6.06. The summed E-state index contributed by atoms with van der Waals surface area (Å²) < 4.78 is 5.18. The molecule has 2 rings (SSSR count). The lowest BCUT2D eigenvalue weighted by Crippen LogP contribution is -2.23. The highest BCUT2D eigenvalue weighted by atomic mass is 16.5. The molecule has 0 aliphatic heterocycles. The van der Waals surface area contributed by atoms with Crippen LogP contribution in [0.2, 0.25) is 0 Å². The van der Waals surface area contributed by atoms with Crippen molar-refractivity contribution < 1.29 is 14.6 Å². The summed E-state index contributed by atoms with van der Waals surface area (Å²) in [6.07, 6.45) is 2.37. The van der Waals surface area contributed by atoms with Crippen molar-refractivity contribution in [2.75, 3.05) is 24.4 Å². The number of aliphatic hydroxyl groups is 1. The fourth-order valence-corrected chi connectivity index (χ4v) is 2.07. The Morgan fingerprint density at radius 2 is 2.09 bits per heavy atom. The molecule has 23 heavy (non-hydrogen) atoms. The van der Waals surface area contributed by atoms with Crippen LogP contribution in [0.3, 0.4) is 0 Å². The Morgan fingerprint density at radius 1 is 1.30 bits per heavy atom. The van der Waals surface area contributed by atoms with Gasteiger partial charge in [-0.2, -0.15) is 0 Å². The summed E-state index contributed by atoms with van der Waals surface area (Å²) in [5, 5.41) is 15.1. The number of aromatic nitrogens is 1. The van der Waals surface area contributed by atoms with Crippen molar-refractivity contribution in [2.24, 2.45) is 0 Å². The van der Waals surface area contributed by atoms with Gasteiger partial charge in [0.05, 0.1) is 37.2 Å². The first-order valence-corrected chi connectivity index (χ1v) is 7.45. The molecular weight excluding hydrogens is 294 g/mol. The third kappa shape index (κ3) is 4.43. The van der Waals surface area contributed by atoms with E-state index in [1.54, 1.807) is 36.5 Å². The lowest BCUT2D eigenvalue weighted by atomic mass is 10.2. The van der Waals surface area contributed by atoms with Crippen molar-refractivity contribution in [3.05, 3.63) is 48.2 Å². The number of ether oxygens (including phenoxy) is 1. The van der Waals surface area contributed by atoms with E-state index in [1.165, 1.54) is 7.11 Å². The molecule has 6 heteroatoms. The van der Waals surface area contributed by atoms with E-state index in [4.69, 9.17) is 4.74 Å². The minimum atomic E-state index is -0.258. The number of hydrogen-bond acceptors (Lipinski definition) is 5. The Kier molecular flexibility index (Phi) is 5.94. The Labute approximate surface area is 135 Å². The fraction of sp³-hybridized carbons (Fsp3) is 0.294. The molecule has 0 fully saturated rings. The Bertz CT molecular complexity index is 640. The van der Waals surface area contributed by atoms with Gasteiger partial charge in [-0.3, -0.25) is 4.79 Å². The number of anilines is 2. The predicted octanol–water partition coefficient (Wildman–Crippen LogP) is 2.53. The van der Waals surface area contributed by atoms with Crippen LogP contribution in [-0.2, 0) is 0 Å². The molecular formula is C17H21N3O3. The molecule has 1 heterocycles. The van der Waals surface area contributed by atoms with Crippen molar-refractivity contribution in [1.82, 2.24) is 4.98 Å². The van der Waals surface area contributed by atoms with Gasteiger partial charge in [-0.25, -0.2) is 4.98 Å². The molecule has 0 unspecified atom stereocenters. The molecule has 0 aliphatic rings. The van der Waals surface area contributed by atoms with Crippen LogP contribution in [0.15, 0.2) is 42.6 Å². The second-order valence-electron chi connectivity index (χ2n) is 5.02. The molecule has 1 aromatic carbocycles. The first-order valence-electron chi connectivity index (χ1n) is 7.45. The molecule has 0 spiro atoms. The normalized spacial score (nSPS) is 11.6. The number of nitrogens with one attached hydrogen (secondary N) is 2. The van der Waals surface area contributed by atoms with Crippen molar-refractivity contribution in [3.63, 3.8) is 0 Å². The summed E-state index contributed by atoms with van der Waals surface area (Å²) in [5.41, 5.74) is 1.05. The molecule has 0 bridgehead atoms. The van der Waals surface area contributed by atoms with Crippen LogP contribution >= 0.6 is 0 Å². The smallest absolute Gasteiger partial charge is 0.259 e. The first-order chi connectivity index (χ1) is 11.2. The van der Waals surface area contributed by atoms with Crippen LogP contribution in [0.1, 0.15) is 23.7 Å². The second kappa shape index (κ2) is 8.14. The van der Waals surface area contributed by atoms with Gasteiger partial charge in [0.25, 0.3) is 5.91 Å². The molecule has 0 saturated heterocycles. The second-order valence-corrected chi connectivity index (χ2v) is 5.02. The molecule has 122 valence electrons. The minimum absolute atomic E-state index is 0.0310. The van der Waals surface area contributed by atoms with Crippen LogP contribution in [0.4, 0.5) is 11.5 Å². The summed E-state index contributed by atoms with van der Waals surface area (Å²) >= 11 is 0. The van der Waals surface area contributed by atoms with E-state index in [0.717, 1.165) is 6.42 Å². The van der Waals surface area contributed by atoms with E-state index in [9.17, 15) is 9.90 Å². The van der Waals surface area contributed by atoms with Gasteiger partial charge in [0.2, 0.25) is 0 Å². The van der Waals surface area contributed by atoms with E-state index < -0.39 is 0 Å². The zero-order chi connectivity index (χ0) is 16.7. The van der Waals surface area contributed by atoms with Crippen molar-refractivity contribution in [1.29, 1.82) is 0 Å². The standard InChI is InChI=1S/C17H21N3O3/c1-3-12(11-21)19-16-9-8-13(10-18-16)20-17(22)14-6-4-5-7-15(14)23-2/h4-10,12,21H,3,11H2,1-2H3,(H,18,19)(H,20,22)/t12-/m1/s1. The molecule has 3 N–H and O–H groups in total. The quantitative estimate of drug-likeness (QED) is 0.731. The van der Waals surface area contributed by atoms with Gasteiger partial charge in [0.1, 0.15) is 11.6 Å². The number of benzene rings is 1. The van der Waals surface area contributed by atoms with Crippen LogP contribution in [0, 0.1) is 0 Å². The lowest BCUT2D eigenvalue weighted by Gasteiger charge is -2.15. The molecule has 1 atom stereocenters. The number of para-hydroxylation sites is 1. The maximum absolute atomic E-state index is 12.3. The summed E-state index contributed by atoms with van der Waals surface area (Å²) in [5.74, 6) is 0.915. The number of carbonyl (C=O) groups excluding carboxylic acids is 1. The van der Waals surface area contributed by atoms with Crippen molar-refractivity contribution in [3.8, 4) is 5.75 Å². The van der Waals surface area contributed by atoms with Gasteiger partial charge in [0, 0.05) is 0 Å². The maximum Gasteiger partial charge on any atom is 0.259 e. The van der Waals surface area contributed by atoms with E-state index >= 15 is 0 Å². The van der Waals surface area contributed by atoms with Gasteiger partial charge >= 0.3 is 0 Å². The Morgan fingerprint density at radius 3 is 2.70 bits per heavy atom. The summed E-state index contributed by atoms with van der Waals surface area (Å²) in [6, 6.07) is 10.5. The van der Waals surface area contributed by atoms with Gasteiger partial charge in [-0.1, -0.05) is 19.1 Å². The number of aliphatic hydroxyl groups excluding tert-OH is 1. The lowest BCUT2D eigenvalue weighted by molar-refractivity contribution is 0.102. The molecule has 6 nitrogen and oxygen atoms in total. The number of pyridine rings is 1. The molecule has 0 saturated carbocycles. The summed E-state index contributed by atoms with van der Waals surface area (Å²) in [6.45, 7) is 2.03. The number of rotatable bonds is 7. The number of nitrogens with zero attached hydrogens (tertiary/aromatic N) is 1. The van der Waals surface area contributed by atoms with E-state index in [1.807, 2.05) is 13.0 Å². The molecule has 1 aromatic heterocycles. The van der Waals surface area contributed by atoms with Gasteiger partial charge in [-0.15, -0.1) is 0 Å². The Balaban J connectivity index is 2.04. The average molecular weight is 315 g/mol. The highest BCUT2D eigenvalue weighted by Gasteiger charge is 2.12. The van der Waals surface area contributed by atoms with Gasteiger partial charge in [-0.05, 0) is 30.7 Å². The number of hydrogen-bond donors (Lipinski definition) is 3. The SMILES string of the molecule is CC[C@H](CO)Nc1ccc(NC(=O)c2ccccc2OC)cn1. The monoisotopic (exact) mass is 315 g/mol. The van der Waals surface area contributed by atoms with E-state index in [0.29, 0.717) is 22.8 Å². The fourth-order valence-electron chi connectivity index (χ4n) is 2.07. The van der Waals surface area contributed by atoms with Crippen molar-refractivity contribution in [2.45, 2.75) is 19.4 Å². The average Bonchev–Trinajstić information content (AvgIpc) is 2.61. The predicted molar refractivity (Wildman–Crippen MR) is 90.0 cm³/mol. The van der Waals surface area contributed by atoms with Gasteiger partial charge in [0.15, 0.2) is 0 Å². The zero-order valence-electron chi connectivity index (χ0n) is 13.2. The number of carbonyl (C=O) groups is 1. The molecule has 0 aliphatic carbocycles. The topological polar surface area (TPSA) is 83.5 Å². The summed E-state index contributed by atoms with van der Waals surface area (Å²) in [7, 11) is 1.53. The van der Waals surface area contributed by atoms with Crippen LogP contribution in [-0.4, -0.2) is 35.8 Å². The molecule has 0 radical (unpaired) electrons. The zero-order valence-corrected chi connectivity index (χ0v) is 13.2. The third-order valence-electron chi connectivity index (χ3n) is 3.44. The largest absolute Gasteiger partial charge is 0.496 e. The van der Waals surface area contributed by atoms with E-state index in [2.05, 4.69) is 15.6 Å². The van der Waals surface area contributed by atoms with Gasteiger partial charge < -0.3 is 20.5 Å². The van der Waals surface area contributed by atoms with Crippen LogP contribution < -0.4 is 15.4 Å². The summed E-state index contributed by atoms with van der Waals surface area (Å²) in [4.78, 5) is 16.5. The van der Waals surface area contributed by atoms with Crippen LogP contribution in [0.5, 0.6) is 5.75 Å². The molecule has 1 amide bonds. The Hall–Kier alpha value is -2.60. The van der Waals surface area contributed by atoms with E-state index in [-0.39, 0.29) is 18.6 Å². The number of methoxy groups -OCH3 is 1. The number of amides is 1. The maximum atomic E-state index is 12.3. The van der Waals surface area contributed by atoms with Crippen LogP contribution in [0.25, 0.3) is 0 Å². The highest BCUT2D eigenvalue weighted by Crippen LogP contribution is 2.19. The molecule has 2 aromatic rings. The first kappa shape index (κ1) is 16.8. The van der Waals surface area contributed by atoms with Crippen molar-refractivity contribution >= 4 is 17.4 Å². The third-order valence-corrected chi connectivity index (χ3v) is 3.44. The minimum Gasteiger partial charge on any atom is -0.496 e.